The van der Waals surface area contributed by atoms with E-state index in [9.17, 15) is 4.79 Å². The molecule has 0 bridgehead atoms. The van der Waals surface area contributed by atoms with Gasteiger partial charge in [0, 0.05) is 26.8 Å². The van der Waals surface area contributed by atoms with E-state index in [0.717, 1.165) is 6.54 Å². The normalized spacial score (nSPS) is 15.9. The maximum absolute atomic E-state index is 12.5. The van der Waals surface area contributed by atoms with Crippen molar-refractivity contribution in [2.45, 2.75) is 32.1 Å². The maximum atomic E-state index is 12.5. The zero-order valence-corrected chi connectivity index (χ0v) is 12.9. The minimum absolute atomic E-state index is 0.0283. The zero-order valence-electron chi connectivity index (χ0n) is 12.2. The molecule has 1 N–H and O–H groups in total. The highest BCUT2D eigenvalue weighted by molar-refractivity contribution is 6.33. The van der Waals surface area contributed by atoms with Crippen molar-refractivity contribution in [1.82, 2.24) is 9.88 Å². The minimum atomic E-state index is -0.0283. The zero-order chi connectivity index (χ0) is 14.5. The van der Waals surface area contributed by atoms with Gasteiger partial charge in [0.25, 0.3) is 5.91 Å². The summed E-state index contributed by atoms with van der Waals surface area (Å²) in [6.07, 6.45) is 7.87. The molecule has 2 rings (SSSR count). The third-order valence-corrected chi connectivity index (χ3v) is 4.25. The summed E-state index contributed by atoms with van der Waals surface area (Å²) in [6, 6.07) is 1.71. The van der Waals surface area contributed by atoms with Crippen molar-refractivity contribution in [3.8, 4) is 0 Å². The van der Waals surface area contributed by atoms with Gasteiger partial charge in [-0.2, -0.15) is 0 Å². The molecule has 1 heterocycles. The van der Waals surface area contributed by atoms with E-state index >= 15 is 0 Å². The Kier molecular flexibility index (Phi) is 5.24. The van der Waals surface area contributed by atoms with E-state index in [2.05, 4.69) is 10.3 Å². The fourth-order valence-corrected chi connectivity index (χ4v) is 2.97. The summed E-state index contributed by atoms with van der Waals surface area (Å²) >= 11 is 6.10. The van der Waals surface area contributed by atoms with Crippen LogP contribution in [0.2, 0.25) is 5.02 Å². The van der Waals surface area contributed by atoms with Crippen LogP contribution in [0.1, 0.15) is 42.5 Å². The summed E-state index contributed by atoms with van der Waals surface area (Å²) in [7, 11) is 3.63. The molecule has 20 heavy (non-hydrogen) atoms. The molecule has 0 atom stereocenters. The molecule has 1 aliphatic rings. The molecular weight excluding hydrogens is 274 g/mol. The SMILES string of the molecule is CNc1cc(C(=O)N(C)CC2CCCCC2)c(Cl)cn1. The molecule has 1 aromatic heterocycles. The molecule has 5 heteroatoms. The monoisotopic (exact) mass is 295 g/mol. The van der Waals surface area contributed by atoms with Gasteiger partial charge in [0.2, 0.25) is 0 Å². The van der Waals surface area contributed by atoms with Gasteiger partial charge in [0.05, 0.1) is 10.6 Å². The van der Waals surface area contributed by atoms with E-state index in [-0.39, 0.29) is 5.91 Å². The smallest absolute Gasteiger partial charge is 0.255 e. The van der Waals surface area contributed by atoms with E-state index in [1.807, 2.05) is 7.05 Å². The number of pyridine rings is 1. The standard InChI is InChI=1S/C15H22ClN3O/c1-17-14-8-12(13(16)9-18-14)15(20)19(2)10-11-6-4-3-5-7-11/h8-9,11H,3-7,10H2,1-2H3,(H,17,18). The van der Waals surface area contributed by atoms with Gasteiger partial charge in [0.1, 0.15) is 5.82 Å². The quantitative estimate of drug-likeness (QED) is 0.925. The number of amides is 1. The largest absolute Gasteiger partial charge is 0.373 e. The second kappa shape index (κ2) is 6.93. The summed E-state index contributed by atoms with van der Waals surface area (Å²) in [5.74, 6) is 1.25. The summed E-state index contributed by atoms with van der Waals surface area (Å²) < 4.78 is 0. The van der Waals surface area contributed by atoms with Crippen molar-refractivity contribution in [3.63, 3.8) is 0 Å². The number of halogens is 1. The van der Waals surface area contributed by atoms with E-state index in [4.69, 9.17) is 11.6 Å². The molecule has 110 valence electrons. The Bertz CT molecular complexity index is 472. The number of nitrogens with one attached hydrogen (secondary N) is 1. The first-order valence-corrected chi connectivity index (χ1v) is 7.58. The molecule has 0 spiro atoms. The Balaban J connectivity index is 2.05. The number of nitrogens with zero attached hydrogens (tertiary/aromatic N) is 2. The first kappa shape index (κ1) is 15.1. The van der Waals surface area contributed by atoms with Gasteiger partial charge in [0.15, 0.2) is 0 Å². The van der Waals surface area contributed by atoms with Crippen LogP contribution in [0, 0.1) is 5.92 Å². The van der Waals surface area contributed by atoms with Gasteiger partial charge in [-0.15, -0.1) is 0 Å². The van der Waals surface area contributed by atoms with Crippen LogP contribution in [0.15, 0.2) is 12.3 Å². The number of carbonyl (C=O) groups is 1. The highest BCUT2D eigenvalue weighted by atomic mass is 35.5. The van der Waals surface area contributed by atoms with E-state index < -0.39 is 0 Å². The number of hydrogen-bond donors (Lipinski definition) is 1. The van der Waals surface area contributed by atoms with Crippen LogP contribution in [-0.4, -0.2) is 36.4 Å². The van der Waals surface area contributed by atoms with Crippen LogP contribution in [0.3, 0.4) is 0 Å². The average Bonchev–Trinajstić information content (AvgIpc) is 2.48. The number of anilines is 1. The Morgan fingerprint density at radius 3 is 2.80 bits per heavy atom. The van der Waals surface area contributed by atoms with Crippen molar-refractivity contribution in [2.75, 3.05) is 26.0 Å². The van der Waals surface area contributed by atoms with Crippen LogP contribution in [-0.2, 0) is 0 Å². The number of rotatable bonds is 4. The predicted octanol–water partition coefficient (Wildman–Crippen LogP) is 3.43. The van der Waals surface area contributed by atoms with E-state index in [1.165, 1.54) is 38.3 Å². The van der Waals surface area contributed by atoms with E-state index in [0.29, 0.717) is 22.3 Å². The lowest BCUT2D eigenvalue weighted by Crippen LogP contribution is -2.32. The fraction of sp³-hybridized carbons (Fsp3) is 0.600. The van der Waals surface area contributed by atoms with Crippen molar-refractivity contribution in [1.29, 1.82) is 0 Å². The molecule has 0 aromatic carbocycles. The number of aromatic nitrogens is 1. The van der Waals surface area contributed by atoms with Crippen LogP contribution < -0.4 is 5.32 Å². The van der Waals surface area contributed by atoms with Crippen molar-refractivity contribution in [2.24, 2.45) is 5.92 Å². The van der Waals surface area contributed by atoms with Crippen LogP contribution >= 0.6 is 11.6 Å². The molecule has 4 nitrogen and oxygen atoms in total. The summed E-state index contributed by atoms with van der Waals surface area (Å²) in [4.78, 5) is 18.4. The minimum Gasteiger partial charge on any atom is -0.373 e. The van der Waals surface area contributed by atoms with Crippen molar-refractivity contribution < 1.29 is 4.79 Å². The lowest BCUT2D eigenvalue weighted by molar-refractivity contribution is 0.0760. The lowest BCUT2D eigenvalue weighted by atomic mass is 9.89. The Morgan fingerprint density at radius 2 is 2.15 bits per heavy atom. The van der Waals surface area contributed by atoms with Gasteiger partial charge in [-0.05, 0) is 24.8 Å². The van der Waals surface area contributed by atoms with E-state index in [1.54, 1.807) is 18.0 Å². The average molecular weight is 296 g/mol. The topological polar surface area (TPSA) is 45.2 Å². The highest BCUT2D eigenvalue weighted by Gasteiger charge is 2.21. The van der Waals surface area contributed by atoms with Gasteiger partial charge in [-0.25, -0.2) is 4.98 Å². The van der Waals surface area contributed by atoms with Gasteiger partial charge in [-0.1, -0.05) is 30.9 Å². The van der Waals surface area contributed by atoms with Crippen LogP contribution in [0.25, 0.3) is 0 Å². The van der Waals surface area contributed by atoms with Gasteiger partial charge < -0.3 is 10.2 Å². The van der Waals surface area contributed by atoms with Crippen molar-refractivity contribution in [3.05, 3.63) is 22.8 Å². The Morgan fingerprint density at radius 1 is 1.45 bits per heavy atom. The Hall–Kier alpha value is -1.29. The molecule has 1 aliphatic carbocycles. The lowest BCUT2D eigenvalue weighted by Gasteiger charge is -2.27. The molecule has 1 amide bonds. The summed E-state index contributed by atoms with van der Waals surface area (Å²) in [6.45, 7) is 0.812. The first-order chi connectivity index (χ1) is 9.61. The van der Waals surface area contributed by atoms with Crippen LogP contribution in [0.4, 0.5) is 5.82 Å². The molecule has 1 fully saturated rings. The van der Waals surface area contributed by atoms with Gasteiger partial charge in [-0.3, -0.25) is 4.79 Å². The molecular formula is C15H22ClN3O. The van der Waals surface area contributed by atoms with Gasteiger partial charge >= 0.3 is 0 Å². The Labute approximate surface area is 125 Å². The predicted molar refractivity (Wildman–Crippen MR) is 82.3 cm³/mol. The highest BCUT2D eigenvalue weighted by Crippen LogP contribution is 2.25. The summed E-state index contributed by atoms with van der Waals surface area (Å²) in [5, 5.41) is 3.34. The maximum Gasteiger partial charge on any atom is 0.255 e. The van der Waals surface area contributed by atoms with Crippen LogP contribution in [0.5, 0.6) is 0 Å². The number of hydrogen-bond acceptors (Lipinski definition) is 3. The molecule has 1 saturated carbocycles. The second-order valence-corrected chi connectivity index (χ2v) is 5.90. The first-order valence-electron chi connectivity index (χ1n) is 7.20. The number of carbonyl (C=O) groups excluding carboxylic acids is 1. The fourth-order valence-electron chi connectivity index (χ4n) is 2.78. The third kappa shape index (κ3) is 3.63. The molecule has 0 radical (unpaired) electrons. The summed E-state index contributed by atoms with van der Waals surface area (Å²) in [5.41, 5.74) is 0.518. The molecule has 0 unspecified atom stereocenters. The molecule has 0 saturated heterocycles. The second-order valence-electron chi connectivity index (χ2n) is 5.49. The van der Waals surface area contributed by atoms with Crippen molar-refractivity contribution >= 4 is 23.3 Å². The third-order valence-electron chi connectivity index (χ3n) is 3.95. The molecule has 0 aliphatic heterocycles. The molecule has 1 aromatic rings.